The van der Waals surface area contributed by atoms with Crippen LogP contribution in [0.4, 0.5) is 0 Å². The first kappa shape index (κ1) is 27.9. The molecule has 0 spiro atoms. The summed E-state index contributed by atoms with van der Waals surface area (Å²) in [6, 6.07) is 53.5. The standard InChI is InChI=1S/C35H27Ge.C3H9Si/c1-26-22-24-31(25-23-26)36-34(29-18-10-4-11-19-29)32(27-14-6-2-7-15-27)33(28-16-8-3-9-17-28)35(36)30-20-12-5-13-21-30;1-4(2)3/h2-25H,1H3;1-3H3. The molecule has 1 heterocycles. The summed E-state index contributed by atoms with van der Waals surface area (Å²) < 4.78 is 4.55. The van der Waals surface area contributed by atoms with Crippen molar-refractivity contribution in [2.75, 3.05) is 0 Å². The molecule has 2 heteroatoms. The second-order valence-electron chi connectivity index (χ2n) is 10.7. The zero-order valence-electron chi connectivity index (χ0n) is 23.9. The molecule has 0 saturated heterocycles. The van der Waals surface area contributed by atoms with Gasteiger partial charge in [0.2, 0.25) is 0 Å². The molecule has 0 atom stereocenters. The molecule has 5 aromatic rings. The average molecular weight is 593 g/mol. The van der Waals surface area contributed by atoms with E-state index >= 15 is 0 Å². The molecule has 0 N–H and O–H groups in total. The van der Waals surface area contributed by atoms with Gasteiger partial charge in [0.1, 0.15) is 0 Å². The zero-order chi connectivity index (χ0) is 27.9. The fraction of sp³-hybridized carbons (Fsp3) is 0.105. The first-order valence-corrected chi connectivity index (χ1v) is 20.1. The van der Waals surface area contributed by atoms with Gasteiger partial charge >= 0.3 is 219 Å². The fourth-order valence-electron chi connectivity index (χ4n) is 5.21. The summed E-state index contributed by atoms with van der Waals surface area (Å²) in [5, 5.41) is 0. The van der Waals surface area contributed by atoms with E-state index < -0.39 is 14.3 Å². The summed E-state index contributed by atoms with van der Waals surface area (Å²) >= 11 is -2.23. The van der Waals surface area contributed by atoms with Crippen LogP contribution < -0.4 is 4.40 Å². The molecule has 1 aliphatic rings. The predicted octanol–water partition coefficient (Wildman–Crippen LogP) is 9.38. The molecular weight excluding hydrogens is 557 g/mol. The Morgan fingerprint density at radius 1 is 0.400 bits per heavy atom. The summed E-state index contributed by atoms with van der Waals surface area (Å²) in [6.07, 6.45) is 0. The third kappa shape index (κ3) is 6.22. The third-order valence-corrected chi connectivity index (χ3v) is 13.1. The molecule has 40 heavy (non-hydrogen) atoms. The van der Waals surface area contributed by atoms with Crippen molar-refractivity contribution in [1.82, 2.24) is 0 Å². The van der Waals surface area contributed by atoms with Crippen LogP contribution >= 0.6 is 0 Å². The van der Waals surface area contributed by atoms with Gasteiger partial charge in [-0.05, 0) is 0 Å². The Balaban J connectivity index is 0.000000758. The Morgan fingerprint density at radius 3 is 1.02 bits per heavy atom. The van der Waals surface area contributed by atoms with Gasteiger partial charge in [0, 0.05) is 8.80 Å². The van der Waals surface area contributed by atoms with Gasteiger partial charge in [-0.3, -0.25) is 0 Å². The van der Waals surface area contributed by atoms with Crippen molar-refractivity contribution in [1.29, 1.82) is 0 Å². The molecule has 0 bridgehead atoms. The van der Waals surface area contributed by atoms with E-state index in [-0.39, 0.29) is 8.80 Å². The maximum absolute atomic E-state index is 2.38. The van der Waals surface area contributed by atoms with E-state index in [0.29, 0.717) is 0 Å². The molecular formula is C38H36GeSi. The Morgan fingerprint density at radius 2 is 0.700 bits per heavy atom. The van der Waals surface area contributed by atoms with Gasteiger partial charge < -0.3 is 0 Å². The van der Waals surface area contributed by atoms with Crippen molar-refractivity contribution in [2.45, 2.75) is 26.6 Å². The van der Waals surface area contributed by atoms with Gasteiger partial charge in [-0.25, -0.2) is 0 Å². The van der Waals surface area contributed by atoms with E-state index in [0.717, 1.165) is 0 Å². The molecule has 0 amide bonds. The number of hydrogen-bond donors (Lipinski definition) is 0. The van der Waals surface area contributed by atoms with Crippen LogP contribution in [0, 0.1) is 6.92 Å². The SMILES string of the molecule is C[Si](C)C.Cc1cc[c]([Ge]2[C](c3ccccc3)=C(c3ccccc3)C(c3ccccc3)=[C]2c2ccccc2)cc1. The summed E-state index contributed by atoms with van der Waals surface area (Å²) in [6.45, 7) is 8.98. The summed E-state index contributed by atoms with van der Waals surface area (Å²) in [5.74, 6) is 0. The number of allylic oxidation sites excluding steroid dienone is 2. The Bertz CT molecular complexity index is 1480. The van der Waals surface area contributed by atoms with E-state index in [9.17, 15) is 0 Å². The molecule has 0 aromatic heterocycles. The first-order valence-electron chi connectivity index (χ1n) is 14.0. The van der Waals surface area contributed by atoms with E-state index in [1.807, 2.05) is 0 Å². The van der Waals surface area contributed by atoms with Crippen LogP contribution in [0.1, 0.15) is 27.8 Å². The number of hydrogen-bond acceptors (Lipinski definition) is 0. The number of benzene rings is 5. The van der Waals surface area contributed by atoms with Crippen LogP contribution in [0.2, 0.25) is 19.6 Å². The minimum absolute atomic E-state index is 0.120. The van der Waals surface area contributed by atoms with Gasteiger partial charge in [-0.15, -0.1) is 0 Å². The Labute approximate surface area is 246 Å². The monoisotopic (exact) mass is 594 g/mol. The molecule has 6 rings (SSSR count). The van der Waals surface area contributed by atoms with Gasteiger partial charge in [-0.2, -0.15) is 0 Å². The Kier molecular flexibility index (Phi) is 9.15. The van der Waals surface area contributed by atoms with Crippen molar-refractivity contribution in [3.63, 3.8) is 0 Å². The molecule has 0 aliphatic carbocycles. The van der Waals surface area contributed by atoms with Crippen LogP contribution in [0.15, 0.2) is 146 Å². The van der Waals surface area contributed by atoms with Crippen LogP contribution in [0.3, 0.4) is 0 Å². The molecule has 1 aliphatic heterocycles. The van der Waals surface area contributed by atoms with Gasteiger partial charge in [-0.1, -0.05) is 19.6 Å². The molecule has 0 saturated carbocycles. The first-order chi connectivity index (χ1) is 19.5. The zero-order valence-corrected chi connectivity index (χ0v) is 27.0. The number of aryl methyl sites for hydroxylation is 1. The molecule has 5 aromatic carbocycles. The van der Waals surface area contributed by atoms with E-state index in [1.54, 1.807) is 0 Å². The van der Waals surface area contributed by atoms with Gasteiger partial charge in [0.25, 0.3) is 0 Å². The summed E-state index contributed by atoms with van der Waals surface area (Å²) in [7, 11) is 0.120. The van der Waals surface area contributed by atoms with E-state index in [1.165, 1.54) is 52.2 Å². The van der Waals surface area contributed by atoms with Crippen LogP contribution in [-0.2, 0) is 0 Å². The van der Waals surface area contributed by atoms with Crippen LogP contribution in [0.25, 0.3) is 20.0 Å². The van der Waals surface area contributed by atoms with E-state index in [4.69, 9.17) is 0 Å². The molecule has 0 nitrogen and oxygen atoms in total. The minimum atomic E-state index is -2.23. The molecule has 0 unspecified atom stereocenters. The summed E-state index contributed by atoms with van der Waals surface area (Å²) in [5.41, 5.74) is 9.34. The second kappa shape index (κ2) is 13.1. The second-order valence-corrected chi connectivity index (χ2v) is 18.6. The predicted molar refractivity (Wildman–Crippen MR) is 179 cm³/mol. The van der Waals surface area contributed by atoms with Gasteiger partial charge in [0.15, 0.2) is 0 Å². The summed E-state index contributed by atoms with van der Waals surface area (Å²) in [4.78, 5) is 0. The van der Waals surface area contributed by atoms with Crippen molar-refractivity contribution in [3.8, 4) is 0 Å². The molecule has 2 radical (unpaired) electrons. The molecule has 0 fully saturated rings. The normalized spacial score (nSPS) is 13.4. The van der Waals surface area contributed by atoms with Crippen LogP contribution in [-0.4, -0.2) is 23.1 Å². The van der Waals surface area contributed by atoms with Gasteiger partial charge in [0.05, 0.1) is 0 Å². The maximum atomic E-state index is 2.38. The van der Waals surface area contributed by atoms with Crippen LogP contribution in [0.5, 0.6) is 0 Å². The fourth-order valence-corrected chi connectivity index (χ4v) is 12.1. The number of rotatable bonds is 5. The Hall–Kier alpha value is -3.66. The molecule has 196 valence electrons. The van der Waals surface area contributed by atoms with Crippen molar-refractivity contribution in [2.24, 2.45) is 0 Å². The van der Waals surface area contributed by atoms with Crippen molar-refractivity contribution in [3.05, 3.63) is 173 Å². The van der Waals surface area contributed by atoms with E-state index in [2.05, 4.69) is 172 Å². The third-order valence-electron chi connectivity index (χ3n) is 6.84. The van der Waals surface area contributed by atoms with Crippen molar-refractivity contribution >= 4 is 47.5 Å². The topological polar surface area (TPSA) is 0 Å². The quantitative estimate of drug-likeness (QED) is 0.178. The average Bonchev–Trinajstić information content (AvgIpc) is 3.35. The van der Waals surface area contributed by atoms with Crippen molar-refractivity contribution < 1.29 is 0 Å².